The summed E-state index contributed by atoms with van der Waals surface area (Å²) in [4.78, 5) is 6.82. The number of nitrogens with one attached hydrogen (secondary N) is 2. The largest absolute Gasteiger partial charge is 0.379 e. The molecule has 1 saturated heterocycles. The van der Waals surface area contributed by atoms with Crippen molar-refractivity contribution < 1.29 is 13.2 Å². The van der Waals surface area contributed by atoms with Gasteiger partial charge in [-0.25, -0.2) is 8.42 Å². The Labute approximate surface area is 152 Å². The van der Waals surface area contributed by atoms with Crippen LogP contribution in [0.5, 0.6) is 0 Å². The molecule has 1 heterocycles. The molecule has 2 aliphatic rings. The molecule has 0 amide bonds. The summed E-state index contributed by atoms with van der Waals surface area (Å²) in [7, 11) is -2.88. The first kappa shape index (κ1) is 20.5. The molecule has 0 bridgehead atoms. The zero-order valence-corrected chi connectivity index (χ0v) is 16.5. The van der Waals surface area contributed by atoms with E-state index < -0.39 is 9.84 Å². The van der Waals surface area contributed by atoms with Crippen LogP contribution in [0.25, 0.3) is 0 Å². The van der Waals surface area contributed by atoms with Gasteiger partial charge in [-0.2, -0.15) is 0 Å². The van der Waals surface area contributed by atoms with Gasteiger partial charge in [0.25, 0.3) is 0 Å². The molecule has 1 saturated carbocycles. The van der Waals surface area contributed by atoms with Gasteiger partial charge in [0.05, 0.1) is 18.9 Å². The predicted molar refractivity (Wildman–Crippen MR) is 102 cm³/mol. The smallest absolute Gasteiger partial charge is 0.191 e. The quantitative estimate of drug-likeness (QED) is 0.329. The number of rotatable bonds is 10. The molecule has 2 rings (SSSR count). The Balaban J connectivity index is 1.65. The Morgan fingerprint density at radius 1 is 1.24 bits per heavy atom. The number of ether oxygens (including phenoxy) is 1. The second-order valence-corrected chi connectivity index (χ2v) is 9.43. The van der Waals surface area contributed by atoms with Crippen molar-refractivity contribution in [2.24, 2.45) is 10.9 Å². The molecule has 0 aromatic heterocycles. The van der Waals surface area contributed by atoms with Gasteiger partial charge in [0.1, 0.15) is 9.84 Å². The maximum absolute atomic E-state index is 11.3. The second-order valence-electron chi connectivity index (χ2n) is 7.17. The van der Waals surface area contributed by atoms with Crippen molar-refractivity contribution in [2.75, 3.05) is 57.9 Å². The number of hydrogen-bond acceptors (Lipinski definition) is 5. The predicted octanol–water partition coefficient (Wildman–Crippen LogP) is 0.477. The molecule has 0 aromatic rings. The number of hydrogen-bond donors (Lipinski definition) is 2. The van der Waals surface area contributed by atoms with Crippen molar-refractivity contribution in [3.8, 4) is 0 Å². The van der Waals surface area contributed by atoms with Crippen LogP contribution in [0.4, 0.5) is 0 Å². The Morgan fingerprint density at radius 2 is 1.96 bits per heavy atom. The van der Waals surface area contributed by atoms with E-state index in [0.29, 0.717) is 25.7 Å². The summed E-state index contributed by atoms with van der Waals surface area (Å²) in [5.41, 5.74) is 0. The fourth-order valence-corrected chi connectivity index (χ4v) is 3.46. The summed E-state index contributed by atoms with van der Waals surface area (Å²) in [6, 6.07) is 0.389. The van der Waals surface area contributed by atoms with Gasteiger partial charge >= 0.3 is 0 Å². The lowest BCUT2D eigenvalue weighted by molar-refractivity contribution is 0.131. The summed E-state index contributed by atoms with van der Waals surface area (Å²) in [6.45, 7) is 7.63. The van der Waals surface area contributed by atoms with Crippen LogP contribution >= 0.6 is 0 Å². The molecule has 0 unspecified atom stereocenters. The van der Waals surface area contributed by atoms with E-state index in [1.54, 1.807) is 0 Å². The van der Waals surface area contributed by atoms with Crippen molar-refractivity contribution in [3.05, 3.63) is 0 Å². The van der Waals surface area contributed by atoms with Crippen molar-refractivity contribution in [3.63, 3.8) is 0 Å². The first-order chi connectivity index (χ1) is 12.0. The van der Waals surface area contributed by atoms with Gasteiger partial charge in [-0.1, -0.05) is 0 Å². The molecule has 0 spiro atoms. The van der Waals surface area contributed by atoms with Crippen molar-refractivity contribution in [1.82, 2.24) is 15.5 Å². The Bertz CT molecular complexity index is 512. The second kappa shape index (κ2) is 10.3. The standard InChI is InChI=1S/C17H34N4O3S/c1-3-18-17(19-8-12-24-14-15-4-5-15)20-16-6-9-21(10-7-16)11-13-25(2,22)23/h15-16H,3-14H2,1-2H3,(H2,18,19,20). The van der Waals surface area contributed by atoms with Crippen LogP contribution in [-0.2, 0) is 14.6 Å². The summed E-state index contributed by atoms with van der Waals surface area (Å²) < 4.78 is 28.2. The fraction of sp³-hybridized carbons (Fsp3) is 0.941. The summed E-state index contributed by atoms with van der Waals surface area (Å²) >= 11 is 0. The SMILES string of the molecule is CCNC(=NCCOCC1CC1)NC1CCN(CCS(C)(=O)=O)CC1. The Kier molecular flexibility index (Phi) is 8.45. The average Bonchev–Trinajstić information content (AvgIpc) is 3.37. The van der Waals surface area contributed by atoms with Gasteiger partial charge in [-0.3, -0.25) is 4.99 Å². The number of guanidine groups is 1. The summed E-state index contributed by atoms with van der Waals surface area (Å²) in [6.07, 6.45) is 5.94. The van der Waals surface area contributed by atoms with Gasteiger partial charge in [-0.05, 0) is 38.5 Å². The molecule has 0 aromatic carbocycles. The molecule has 8 heteroatoms. The summed E-state index contributed by atoms with van der Waals surface area (Å²) in [5, 5.41) is 6.79. The number of nitrogens with zero attached hydrogens (tertiary/aromatic N) is 2. The third-order valence-electron chi connectivity index (χ3n) is 4.61. The molecular formula is C17H34N4O3S. The molecular weight excluding hydrogens is 340 g/mol. The van der Waals surface area contributed by atoms with Crippen molar-refractivity contribution in [1.29, 1.82) is 0 Å². The molecule has 25 heavy (non-hydrogen) atoms. The number of aliphatic imine (C=N–C) groups is 1. The van der Waals surface area contributed by atoms with Gasteiger partial charge in [-0.15, -0.1) is 0 Å². The monoisotopic (exact) mass is 374 g/mol. The molecule has 0 atom stereocenters. The Morgan fingerprint density at radius 3 is 2.56 bits per heavy atom. The normalized spacial score (nSPS) is 20.6. The van der Waals surface area contributed by atoms with E-state index in [1.807, 2.05) is 0 Å². The highest BCUT2D eigenvalue weighted by Gasteiger charge is 2.21. The van der Waals surface area contributed by atoms with Crippen LogP contribution in [0.15, 0.2) is 4.99 Å². The van der Waals surface area contributed by atoms with Crippen molar-refractivity contribution in [2.45, 2.75) is 38.6 Å². The maximum Gasteiger partial charge on any atom is 0.191 e. The minimum absolute atomic E-state index is 0.246. The van der Waals surface area contributed by atoms with E-state index >= 15 is 0 Å². The average molecular weight is 375 g/mol. The van der Waals surface area contributed by atoms with Gasteiger partial charge < -0.3 is 20.3 Å². The number of sulfone groups is 1. The third kappa shape index (κ3) is 9.42. The van der Waals surface area contributed by atoms with Gasteiger partial charge in [0.15, 0.2) is 5.96 Å². The van der Waals surface area contributed by atoms with Crippen LogP contribution < -0.4 is 10.6 Å². The van der Waals surface area contributed by atoms with Crippen LogP contribution in [-0.4, -0.2) is 83.3 Å². The lowest BCUT2D eigenvalue weighted by atomic mass is 10.1. The highest BCUT2D eigenvalue weighted by molar-refractivity contribution is 7.90. The molecule has 146 valence electrons. The number of likely N-dealkylation sites (tertiary alicyclic amines) is 1. The van der Waals surface area contributed by atoms with E-state index in [0.717, 1.165) is 51.0 Å². The molecule has 1 aliphatic heterocycles. The molecule has 1 aliphatic carbocycles. The van der Waals surface area contributed by atoms with Crippen LogP contribution in [0.2, 0.25) is 0 Å². The topological polar surface area (TPSA) is 83.0 Å². The minimum atomic E-state index is -2.88. The zero-order chi connectivity index (χ0) is 18.1. The Hall–Kier alpha value is -0.860. The fourth-order valence-electron chi connectivity index (χ4n) is 2.87. The first-order valence-corrected chi connectivity index (χ1v) is 11.5. The highest BCUT2D eigenvalue weighted by Crippen LogP contribution is 2.28. The number of piperidine rings is 1. The molecule has 2 N–H and O–H groups in total. The van der Waals surface area contributed by atoms with Gasteiger partial charge in [0, 0.05) is 45.1 Å². The van der Waals surface area contributed by atoms with Gasteiger partial charge in [0.2, 0.25) is 0 Å². The molecule has 2 fully saturated rings. The van der Waals surface area contributed by atoms with Crippen LogP contribution in [0, 0.1) is 5.92 Å². The zero-order valence-electron chi connectivity index (χ0n) is 15.7. The van der Waals surface area contributed by atoms with E-state index in [-0.39, 0.29) is 5.75 Å². The van der Waals surface area contributed by atoms with Crippen LogP contribution in [0.1, 0.15) is 32.6 Å². The van der Waals surface area contributed by atoms with E-state index in [1.165, 1.54) is 19.1 Å². The van der Waals surface area contributed by atoms with Crippen molar-refractivity contribution >= 4 is 15.8 Å². The van der Waals surface area contributed by atoms with E-state index in [9.17, 15) is 8.42 Å². The lowest BCUT2D eigenvalue weighted by Gasteiger charge is -2.32. The van der Waals surface area contributed by atoms with E-state index in [4.69, 9.17) is 4.74 Å². The highest BCUT2D eigenvalue weighted by atomic mass is 32.2. The lowest BCUT2D eigenvalue weighted by Crippen LogP contribution is -2.49. The summed E-state index contributed by atoms with van der Waals surface area (Å²) in [5.74, 6) is 1.89. The first-order valence-electron chi connectivity index (χ1n) is 9.49. The van der Waals surface area contributed by atoms with E-state index in [2.05, 4.69) is 27.4 Å². The minimum Gasteiger partial charge on any atom is -0.379 e. The molecule has 0 radical (unpaired) electrons. The van der Waals surface area contributed by atoms with Crippen LogP contribution in [0.3, 0.4) is 0 Å². The molecule has 7 nitrogen and oxygen atoms in total. The third-order valence-corrected chi connectivity index (χ3v) is 5.53. The maximum atomic E-state index is 11.3.